The zero-order valence-corrected chi connectivity index (χ0v) is 11.8. The molecule has 0 saturated carbocycles. The monoisotopic (exact) mass is 314 g/mol. The minimum atomic E-state index is 0. The summed E-state index contributed by atoms with van der Waals surface area (Å²) in [4.78, 5) is 0. The molecule has 0 aliphatic heterocycles. The second-order valence-electron chi connectivity index (χ2n) is 2.52. The van der Waals surface area contributed by atoms with E-state index >= 15 is 0 Å². The van der Waals surface area contributed by atoms with Gasteiger partial charge < -0.3 is 0 Å². The summed E-state index contributed by atoms with van der Waals surface area (Å²) in [6.07, 6.45) is 0. The molecule has 0 aliphatic rings. The molecule has 1 aromatic carbocycles. The van der Waals surface area contributed by atoms with E-state index in [2.05, 4.69) is 46.4 Å². The van der Waals surface area contributed by atoms with Crippen molar-refractivity contribution in [1.29, 1.82) is 0 Å². The van der Waals surface area contributed by atoms with Crippen LogP contribution in [0.1, 0.15) is 5.56 Å². The van der Waals surface area contributed by atoms with Gasteiger partial charge in [-0.1, -0.05) is 32.0 Å². The van der Waals surface area contributed by atoms with Crippen molar-refractivity contribution in [3.05, 3.63) is 33.6 Å². The van der Waals surface area contributed by atoms with Crippen LogP contribution in [0.25, 0.3) is 10.1 Å². The van der Waals surface area contributed by atoms with Crippen molar-refractivity contribution in [2.75, 3.05) is 0 Å². The molecule has 0 atom stereocenters. The smallest absolute Gasteiger partial charge is 0 e. The topological polar surface area (TPSA) is 0 Å². The Morgan fingerprint density at radius 3 is 2.92 bits per heavy atom. The Hall–Kier alpha value is 0.764. The predicted octanol–water partition coefficient (Wildman–Crippen LogP) is 3.77. The first-order valence-electron chi connectivity index (χ1n) is 3.34. The molecule has 0 amide bonds. The van der Waals surface area contributed by atoms with Crippen molar-refractivity contribution in [1.82, 2.24) is 0 Å². The van der Waals surface area contributed by atoms with E-state index in [1.165, 1.54) is 15.6 Å². The van der Waals surface area contributed by atoms with Crippen LogP contribution in [0.4, 0.5) is 0 Å². The molecule has 1 aromatic heterocycles. The van der Waals surface area contributed by atoms with E-state index in [-0.39, 0.29) is 32.7 Å². The molecule has 0 nitrogen and oxygen atoms in total. The predicted molar refractivity (Wildman–Crippen MR) is 53.1 cm³/mol. The molecule has 2 rings (SSSR count). The first-order valence-corrected chi connectivity index (χ1v) is 4.94. The van der Waals surface area contributed by atoms with Gasteiger partial charge in [-0.15, -0.1) is 27.6 Å². The number of hydrogen-bond acceptors (Lipinski definition) is 1. The Kier molecular flexibility index (Phi) is 3.90. The van der Waals surface area contributed by atoms with E-state index in [0.717, 1.165) is 4.47 Å². The van der Waals surface area contributed by atoms with E-state index in [0.29, 0.717) is 0 Å². The van der Waals surface area contributed by atoms with Crippen molar-refractivity contribution < 1.29 is 32.7 Å². The molecule has 0 saturated heterocycles. The van der Waals surface area contributed by atoms with Crippen molar-refractivity contribution in [3.63, 3.8) is 0 Å². The summed E-state index contributed by atoms with van der Waals surface area (Å²) >= 11 is 5.10. The van der Waals surface area contributed by atoms with Crippen molar-refractivity contribution in [2.45, 2.75) is 6.92 Å². The Balaban J connectivity index is 0.000000720. The third kappa shape index (κ3) is 1.98. The van der Waals surface area contributed by atoms with E-state index in [9.17, 15) is 0 Å². The van der Waals surface area contributed by atoms with Crippen LogP contribution in [0.5, 0.6) is 0 Å². The van der Waals surface area contributed by atoms with Gasteiger partial charge in [0.25, 0.3) is 0 Å². The van der Waals surface area contributed by atoms with Gasteiger partial charge in [-0.25, -0.2) is 0 Å². The van der Waals surface area contributed by atoms with E-state index < -0.39 is 0 Å². The largest absolute Gasteiger partial charge is 0.294 e. The van der Waals surface area contributed by atoms with Gasteiger partial charge in [0.15, 0.2) is 0 Å². The standard InChI is InChI=1S/C9H6BrS.Y/c1-6-2-3-7-8(10)5-11-9(7)4-6;/h2-4H,1H3;/q-1;. The average molecular weight is 315 g/mol. The molecule has 0 aliphatic carbocycles. The molecule has 2 aromatic rings. The summed E-state index contributed by atoms with van der Waals surface area (Å²) < 4.78 is 2.38. The number of benzene rings is 1. The quantitative estimate of drug-likeness (QED) is 0.649. The van der Waals surface area contributed by atoms with Crippen LogP contribution in [-0.2, 0) is 32.7 Å². The molecule has 12 heavy (non-hydrogen) atoms. The van der Waals surface area contributed by atoms with Crippen molar-refractivity contribution in [2.24, 2.45) is 0 Å². The van der Waals surface area contributed by atoms with Crippen LogP contribution in [0.15, 0.2) is 22.7 Å². The number of aryl methyl sites for hydroxylation is 1. The van der Waals surface area contributed by atoms with Gasteiger partial charge in [-0.2, -0.15) is 0 Å². The number of halogens is 1. The number of hydrogen-bond donors (Lipinski definition) is 0. The fourth-order valence-corrected chi connectivity index (χ4v) is 2.60. The summed E-state index contributed by atoms with van der Waals surface area (Å²) in [5.74, 6) is 0. The molecular formula is C9H6BrSY-. The normalized spacial score (nSPS) is 9.83. The minimum absolute atomic E-state index is 0. The Morgan fingerprint density at radius 1 is 1.42 bits per heavy atom. The summed E-state index contributed by atoms with van der Waals surface area (Å²) in [6.45, 7) is 2.10. The number of fused-ring (bicyclic) bond motifs is 1. The molecular weight excluding hydrogens is 309 g/mol. The number of thiophene rings is 1. The van der Waals surface area contributed by atoms with Gasteiger partial charge in [0.05, 0.1) is 0 Å². The van der Waals surface area contributed by atoms with Crippen molar-refractivity contribution >= 4 is 37.4 Å². The molecule has 0 fully saturated rings. The fraction of sp³-hybridized carbons (Fsp3) is 0.111. The number of rotatable bonds is 0. The van der Waals surface area contributed by atoms with Crippen molar-refractivity contribution in [3.8, 4) is 0 Å². The maximum atomic E-state index is 3.45. The molecule has 59 valence electrons. The Morgan fingerprint density at radius 2 is 2.17 bits per heavy atom. The maximum absolute atomic E-state index is 3.45. The van der Waals surface area contributed by atoms with Gasteiger partial charge in [-0.05, 0) is 6.92 Å². The first-order chi connectivity index (χ1) is 5.27. The van der Waals surface area contributed by atoms with Gasteiger partial charge in [-0.3, -0.25) is 11.3 Å². The van der Waals surface area contributed by atoms with Crippen LogP contribution in [0.2, 0.25) is 0 Å². The molecule has 0 unspecified atom stereocenters. The second-order valence-corrected chi connectivity index (χ2v) is 4.16. The van der Waals surface area contributed by atoms with Crippen LogP contribution in [-0.4, -0.2) is 0 Å². The average Bonchev–Trinajstić information content (AvgIpc) is 2.32. The van der Waals surface area contributed by atoms with E-state index in [4.69, 9.17) is 0 Å². The minimum Gasteiger partial charge on any atom is -0.294 e. The summed E-state index contributed by atoms with van der Waals surface area (Å²) in [7, 11) is 0. The van der Waals surface area contributed by atoms with E-state index in [1.807, 2.05) is 0 Å². The second kappa shape index (κ2) is 4.32. The molecule has 0 spiro atoms. The molecule has 1 heterocycles. The van der Waals surface area contributed by atoms with Gasteiger partial charge in [0.1, 0.15) is 0 Å². The third-order valence-corrected chi connectivity index (χ3v) is 3.38. The van der Waals surface area contributed by atoms with Crippen LogP contribution in [0, 0.1) is 12.3 Å². The summed E-state index contributed by atoms with van der Waals surface area (Å²) in [5.41, 5.74) is 1.31. The van der Waals surface area contributed by atoms with Crippen LogP contribution in [0.3, 0.4) is 0 Å². The van der Waals surface area contributed by atoms with Crippen LogP contribution < -0.4 is 0 Å². The van der Waals surface area contributed by atoms with Gasteiger partial charge in [0.2, 0.25) is 0 Å². The molecule has 1 radical (unpaired) electrons. The molecule has 0 N–H and O–H groups in total. The van der Waals surface area contributed by atoms with Gasteiger partial charge in [0, 0.05) is 32.7 Å². The summed E-state index contributed by atoms with van der Waals surface area (Å²) in [5, 5.41) is 4.43. The fourth-order valence-electron chi connectivity index (χ4n) is 1.05. The SMILES string of the molecule is Cc1ccc2c(Br)[c-]sc2c1.[Y]. The zero-order valence-electron chi connectivity index (χ0n) is 6.60. The maximum Gasteiger partial charge on any atom is 0 e. The van der Waals surface area contributed by atoms with E-state index in [1.54, 1.807) is 11.3 Å². The van der Waals surface area contributed by atoms with Crippen LogP contribution >= 0.6 is 27.3 Å². The zero-order chi connectivity index (χ0) is 7.84. The first kappa shape index (κ1) is 10.8. The third-order valence-electron chi connectivity index (χ3n) is 1.62. The Bertz CT molecular complexity index is 394. The molecule has 0 bridgehead atoms. The summed E-state index contributed by atoms with van der Waals surface area (Å²) in [6, 6.07) is 6.43. The Labute approximate surface area is 109 Å². The molecule has 3 heteroatoms. The van der Waals surface area contributed by atoms with Gasteiger partial charge >= 0.3 is 0 Å².